The molecule has 1 N–H and O–H groups in total. The maximum absolute atomic E-state index is 13.5. The molecule has 0 spiro atoms. The number of anilines is 1. The molecule has 0 aliphatic heterocycles. The summed E-state index contributed by atoms with van der Waals surface area (Å²) in [6.07, 6.45) is 0. The fourth-order valence-electron chi connectivity index (χ4n) is 1.50. The van der Waals surface area contributed by atoms with Gasteiger partial charge in [-0.2, -0.15) is 0 Å². The first kappa shape index (κ1) is 13.5. The third-order valence-corrected chi connectivity index (χ3v) is 3.48. The summed E-state index contributed by atoms with van der Waals surface area (Å²) in [5.74, 6) is -1.22. The average Bonchev–Trinajstić information content (AvgIpc) is 2.32. The van der Waals surface area contributed by atoms with Crippen LogP contribution in [-0.4, -0.2) is 0 Å². The van der Waals surface area contributed by atoms with E-state index in [2.05, 4.69) is 37.2 Å². The topological polar surface area (TPSA) is 12.0 Å². The number of rotatable bonds is 3. The second kappa shape index (κ2) is 5.80. The third-order valence-electron chi connectivity index (χ3n) is 2.38. The zero-order chi connectivity index (χ0) is 13.1. The van der Waals surface area contributed by atoms with Gasteiger partial charge in [-0.1, -0.05) is 28.1 Å². The Morgan fingerprint density at radius 3 is 2.50 bits per heavy atom. The van der Waals surface area contributed by atoms with Crippen LogP contribution in [0.2, 0.25) is 0 Å². The molecule has 0 amide bonds. The van der Waals surface area contributed by atoms with Crippen molar-refractivity contribution in [2.75, 3.05) is 5.32 Å². The van der Waals surface area contributed by atoms with Crippen molar-refractivity contribution in [2.24, 2.45) is 0 Å². The lowest BCUT2D eigenvalue weighted by molar-refractivity contribution is 0.580. The summed E-state index contributed by atoms with van der Waals surface area (Å²) in [4.78, 5) is 0. The highest BCUT2D eigenvalue weighted by Crippen LogP contribution is 2.24. The molecule has 0 aromatic heterocycles. The van der Waals surface area contributed by atoms with Crippen molar-refractivity contribution in [1.29, 1.82) is 0 Å². The minimum atomic E-state index is -0.611. The van der Waals surface area contributed by atoms with E-state index >= 15 is 0 Å². The van der Waals surface area contributed by atoms with Gasteiger partial charge in [-0.25, -0.2) is 8.78 Å². The highest BCUT2D eigenvalue weighted by atomic mass is 79.9. The monoisotopic (exact) mass is 375 g/mol. The minimum Gasteiger partial charge on any atom is -0.379 e. The molecule has 0 aliphatic rings. The number of nitrogens with one attached hydrogen (secondary N) is 1. The van der Waals surface area contributed by atoms with Gasteiger partial charge in [0.15, 0.2) is 0 Å². The fourth-order valence-corrected chi connectivity index (χ4v) is 2.29. The summed E-state index contributed by atoms with van der Waals surface area (Å²) in [7, 11) is 0. The first-order valence-electron chi connectivity index (χ1n) is 5.19. The Kier molecular flexibility index (Phi) is 4.35. The Balaban J connectivity index is 2.13. The smallest absolute Gasteiger partial charge is 0.149 e. The van der Waals surface area contributed by atoms with E-state index in [-0.39, 0.29) is 10.2 Å². The van der Waals surface area contributed by atoms with Crippen LogP contribution in [0.15, 0.2) is 45.3 Å². The van der Waals surface area contributed by atoms with E-state index in [4.69, 9.17) is 0 Å². The second-order valence-electron chi connectivity index (χ2n) is 3.73. The molecule has 0 unspecified atom stereocenters. The molecule has 94 valence electrons. The van der Waals surface area contributed by atoms with Crippen molar-refractivity contribution in [3.8, 4) is 0 Å². The van der Waals surface area contributed by atoms with Gasteiger partial charge in [-0.15, -0.1) is 0 Å². The zero-order valence-corrected chi connectivity index (χ0v) is 12.4. The van der Waals surface area contributed by atoms with E-state index in [9.17, 15) is 8.78 Å². The molecular formula is C13H9Br2F2N. The van der Waals surface area contributed by atoms with Crippen LogP contribution in [0.5, 0.6) is 0 Å². The Labute approximate surface area is 120 Å². The molecule has 0 atom stereocenters. The fraction of sp³-hybridized carbons (Fsp3) is 0.0769. The van der Waals surface area contributed by atoms with Crippen molar-refractivity contribution in [3.63, 3.8) is 0 Å². The summed E-state index contributed by atoms with van der Waals surface area (Å²) in [6.45, 7) is 0.467. The van der Waals surface area contributed by atoms with Crippen LogP contribution < -0.4 is 5.32 Å². The Morgan fingerprint density at radius 2 is 1.78 bits per heavy atom. The summed E-state index contributed by atoms with van der Waals surface area (Å²) < 4.78 is 27.7. The molecular weight excluding hydrogens is 368 g/mol. The van der Waals surface area contributed by atoms with E-state index in [0.717, 1.165) is 16.1 Å². The van der Waals surface area contributed by atoms with Gasteiger partial charge in [-0.3, -0.25) is 0 Å². The molecule has 1 nitrogen and oxygen atoms in total. The molecule has 2 aromatic rings. The molecule has 0 saturated carbocycles. The molecule has 0 saturated heterocycles. The molecule has 5 heteroatoms. The summed E-state index contributed by atoms with van der Waals surface area (Å²) in [5.41, 5.74) is 1.27. The summed E-state index contributed by atoms with van der Waals surface area (Å²) in [6, 6.07) is 9.92. The van der Waals surface area contributed by atoms with Crippen LogP contribution in [0, 0.1) is 11.6 Å². The number of benzene rings is 2. The highest BCUT2D eigenvalue weighted by Gasteiger charge is 2.07. The average molecular weight is 377 g/mol. The molecule has 18 heavy (non-hydrogen) atoms. The van der Waals surface area contributed by atoms with E-state index in [0.29, 0.717) is 6.54 Å². The van der Waals surface area contributed by atoms with E-state index < -0.39 is 11.6 Å². The van der Waals surface area contributed by atoms with Crippen LogP contribution in [0.3, 0.4) is 0 Å². The van der Waals surface area contributed by atoms with Crippen molar-refractivity contribution in [2.45, 2.75) is 6.54 Å². The van der Waals surface area contributed by atoms with Gasteiger partial charge in [0.05, 0.1) is 10.2 Å². The number of halogens is 4. The van der Waals surface area contributed by atoms with Crippen LogP contribution in [0.25, 0.3) is 0 Å². The zero-order valence-electron chi connectivity index (χ0n) is 9.18. The Bertz CT molecular complexity index is 573. The maximum atomic E-state index is 13.5. The molecule has 0 heterocycles. The molecule has 2 rings (SSSR count). The predicted molar refractivity (Wildman–Crippen MR) is 75.5 cm³/mol. The first-order chi connectivity index (χ1) is 8.56. The first-order valence-corrected chi connectivity index (χ1v) is 6.78. The Hall–Kier alpha value is -0.940. The van der Waals surface area contributed by atoms with Gasteiger partial charge in [0.1, 0.15) is 11.6 Å². The quantitative estimate of drug-likeness (QED) is 0.734. The van der Waals surface area contributed by atoms with E-state index in [1.54, 1.807) is 0 Å². The summed E-state index contributed by atoms with van der Waals surface area (Å²) in [5, 5.41) is 2.93. The number of hydrogen-bond acceptors (Lipinski definition) is 1. The van der Waals surface area contributed by atoms with Crippen molar-refractivity contribution in [3.05, 3.63) is 62.5 Å². The highest BCUT2D eigenvalue weighted by molar-refractivity contribution is 9.10. The van der Waals surface area contributed by atoms with Gasteiger partial charge in [-0.05, 0) is 39.7 Å². The largest absolute Gasteiger partial charge is 0.379 e. The van der Waals surface area contributed by atoms with Crippen LogP contribution in [0.1, 0.15) is 5.56 Å². The SMILES string of the molecule is Fc1cc(F)c(NCc2cccc(Br)c2)cc1Br. The molecule has 2 aromatic carbocycles. The van der Waals surface area contributed by atoms with E-state index in [1.807, 2.05) is 24.3 Å². The Morgan fingerprint density at radius 1 is 1.00 bits per heavy atom. The second-order valence-corrected chi connectivity index (χ2v) is 5.50. The lowest BCUT2D eigenvalue weighted by atomic mass is 10.2. The van der Waals surface area contributed by atoms with Gasteiger partial charge in [0.25, 0.3) is 0 Å². The molecule has 0 bridgehead atoms. The van der Waals surface area contributed by atoms with Crippen LogP contribution in [0.4, 0.5) is 14.5 Å². The minimum absolute atomic E-state index is 0.237. The normalized spacial score (nSPS) is 10.4. The van der Waals surface area contributed by atoms with Gasteiger partial charge >= 0.3 is 0 Å². The molecule has 0 aliphatic carbocycles. The third kappa shape index (κ3) is 3.29. The van der Waals surface area contributed by atoms with Crippen LogP contribution >= 0.6 is 31.9 Å². The van der Waals surface area contributed by atoms with Crippen molar-refractivity contribution < 1.29 is 8.78 Å². The van der Waals surface area contributed by atoms with Crippen molar-refractivity contribution in [1.82, 2.24) is 0 Å². The van der Waals surface area contributed by atoms with Gasteiger partial charge in [0.2, 0.25) is 0 Å². The summed E-state index contributed by atoms with van der Waals surface area (Å²) >= 11 is 6.39. The number of hydrogen-bond donors (Lipinski definition) is 1. The van der Waals surface area contributed by atoms with Crippen LogP contribution in [-0.2, 0) is 6.54 Å². The van der Waals surface area contributed by atoms with Gasteiger partial charge < -0.3 is 5.32 Å². The maximum Gasteiger partial charge on any atom is 0.149 e. The predicted octanol–water partition coefficient (Wildman–Crippen LogP) is 5.10. The van der Waals surface area contributed by atoms with E-state index in [1.165, 1.54) is 6.07 Å². The lowest BCUT2D eigenvalue weighted by Gasteiger charge is -2.09. The lowest BCUT2D eigenvalue weighted by Crippen LogP contribution is -2.02. The van der Waals surface area contributed by atoms with Crippen molar-refractivity contribution >= 4 is 37.5 Å². The standard InChI is InChI=1S/C13H9Br2F2N/c14-9-3-1-2-8(4-9)7-18-13-5-10(15)11(16)6-12(13)17/h1-6,18H,7H2. The molecule has 0 radical (unpaired) electrons. The molecule has 0 fully saturated rings. The van der Waals surface area contributed by atoms with Gasteiger partial charge in [0, 0.05) is 17.1 Å².